The molecule has 6 heteroatoms. The van der Waals surface area contributed by atoms with Gasteiger partial charge in [0.15, 0.2) is 5.58 Å². The van der Waals surface area contributed by atoms with E-state index in [2.05, 4.69) is 4.98 Å². The number of carbonyl (C=O) groups is 1. The number of aromatic nitrogens is 1. The summed E-state index contributed by atoms with van der Waals surface area (Å²) < 4.78 is 5.49. The normalized spacial score (nSPS) is 10.9. The van der Waals surface area contributed by atoms with Gasteiger partial charge in [0.2, 0.25) is 5.12 Å². The topological polar surface area (TPSA) is 43.1 Å². The Hall–Kier alpha value is -1.49. The molecule has 0 atom stereocenters. The Kier molecular flexibility index (Phi) is 3.70. The lowest BCUT2D eigenvalue weighted by atomic mass is 10.2. The lowest BCUT2D eigenvalue weighted by Gasteiger charge is -1.99. The van der Waals surface area contributed by atoms with Crippen LogP contribution in [0.3, 0.4) is 0 Å². The van der Waals surface area contributed by atoms with Crippen LogP contribution in [-0.4, -0.2) is 10.1 Å². The van der Waals surface area contributed by atoms with Crippen molar-refractivity contribution in [3.8, 4) is 0 Å². The minimum absolute atomic E-state index is 0.199. The first-order chi connectivity index (χ1) is 9.63. The largest absolute Gasteiger partial charge is 0.431 e. The van der Waals surface area contributed by atoms with Crippen molar-refractivity contribution in [2.45, 2.75) is 5.22 Å². The van der Waals surface area contributed by atoms with E-state index in [0.29, 0.717) is 26.4 Å². The van der Waals surface area contributed by atoms with E-state index < -0.39 is 0 Å². The van der Waals surface area contributed by atoms with Crippen LogP contribution in [0.1, 0.15) is 10.4 Å². The van der Waals surface area contributed by atoms with E-state index in [1.54, 1.807) is 18.2 Å². The lowest BCUT2D eigenvalue weighted by Crippen LogP contribution is -1.93. The average Bonchev–Trinajstić information content (AvgIpc) is 2.83. The van der Waals surface area contributed by atoms with E-state index in [0.717, 1.165) is 17.3 Å². The van der Waals surface area contributed by atoms with Crippen molar-refractivity contribution >= 4 is 51.2 Å². The number of halogens is 2. The van der Waals surface area contributed by atoms with Crippen molar-refractivity contribution in [3.05, 3.63) is 58.1 Å². The molecule has 0 saturated heterocycles. The first-order valence-corrected chi connectivity index (χ1v) is 7.23. The number of fused-ring (bicyclic) bond motifs is 1. The highest BCUT2D eigenvalue weighted by atomic mass is 35.5. The third-order valence-corrected chi connectivity index (χ3v) is 4.12. The predicted octanol–water partition coefficient (Wildman–Crippen LogP) is 5.07. The van der Waals surface area contributed by atoms with Crippen molar-refractivity contribution in [2.75, 3.05) is 0 Å². The third-order valence-electron chi connectivity index (χ3n) is 2.61. The Balaban J connectivity index is 1.86. The third kappa shape index (κ3) is 2.68. The summed E-state index contributed by atoms with van der Waals surface area (Å²) in [6.07, 6.45) is 0. The van der Waals surface area contributed by atoms with Crippen molar-refractivity contribution in [3.63, 3.8) is 0 Å². The number of rotatable bonds is 2. The highest BCUT2D eigenvalue weighted by Gasteiger charge is 2.14. The van der Waals surface area contributed by atoms with Crippen LogP contribution in [0.4, 0.5) is 0 Å². The van der Waals surface area contributed by atoms with Gasteiger partial charge in [0.1, 0.15) is 5.52 Å². The number of hydrogen-bond donors (Lipinski definition) is 0. The van der Waals surface area contributed by atoms with E-state index in [1.807, 2.05) is 18.2 Å². The van der Waals surface area contributed by atoms with Gasteiger partial charge in [0.05, 0.1) is 10.0 Å². The number of nitrogens with zero attached hydrogens (tertiary/aromatic N) is 1. The summed E-state index contributed by atoms with van der Waals surface area (Å²) in [5.41, 5.74) is 1.82. The van der Waals surface area contributed by atoms with Crippen LogP contribution in [0.2, 0.25) is 10.0 Å². The SMILES string of the molecule is O=C(Sc1nc2ccccc2o1)c1ccc(Cl)c(Cl)c1. The lowest BCUT2D eigenvalue weighted by molar-refractivity contribution is 0.108. The molecule has 0 spiro atoms. The van der Waals surface area contributed by atoms with Crippen LogP contribution in [-0.2, 0) is 0 Å². The second-order valence-electron chi connectivity index (χ2n) is 3.97. The molecular weight excluding hydrogens is 317 g/mol. The van der Waals surface area contributed by atoms with Crippen LogP contribution in [0, 0.1) is 0 Å². The van der Waals surface area contributed by atoms with Crippen LogP contribution >= 0.6 is 35.0 Å². The first kappa shape index (κ1) is 13.5. The molecule has 20 heavy (non-hydrogen) atoms. The van der Waals surface area contributed by atoms with Crippen LogP contribution in [0.15, 0.2) is 52.1 Å². The fraction of sp³-hybridized carbons (Fsp3) is 0. The van der Waals surface area contributed by atoms with Crippen molar-refractivity contribution < 1.29 is 9.21 Å². The summed E-state index contributed by atoms with van der Waals surface area (Å²) in [5, 5.41) is 0.864. The Bertz CT molecular complexity index is 768. The molecule has 100 valence electrons. The maximum atomic E-state index is 12.1. The summed E-state index contributed by atoms with van der Waals surface area (Å²) in [4.78, 5) is 16.4. The van der Waals surface area contributed by atoms with Gasteiger partial charge < -0.3 is 4.42 Å². The Morgan fingerprint density at radius 2 is 1.90 bits per heavy atom. The predicted molar refractivity (Wildman–Crippen MR) is 80.7 cm³/mol. The number of thioether (sulfide) groups is 1. The van der Waals surface area contributed by atoms with Gasteiger partial charge in [-0.25, -0.2) is 4.98 Å². The molecule has 3 rings (SSSR count). The maximum Gasteiger partial charge on any atom is 0.264 e. The average molecular weight is 324 g/mol. The van der Waals surface area contributed by atoms with Gasteiger partial charge in [-0.05, 0) is 30.3 Å². The molecule has 0 aliphatic carbocycles. The molecule has 0 N–H and O–H groups in total. The molecule has 0 aliphatic heterocycles. The molecule has 0 unspecified atom stereocenters. The summed E-state index contributed by atoms with van der Waals surface area (Å²) in [5.74, 6) is 0. The van der Waals surface area contributed by atoms with E-state index in [9.17, 15) is 4.79 Å². The van der Waals surface area contributed by atoms with Gasteiger partial charge >= 0.3 is 0 Å². The molecule has 0 bridgehead atoms. The van der Waals surface area contributed by atoms with Gasteiger partial charge in [-0.1, -0.05) is 35.3 Å². The molecular formula is C14H7Cl2NO2S. The molecule has 2 aromatic carbocycles. The van der Waals surface area contributed by atoms with Crippen molar-refractivity contribution in [1.29, 1.82) is 0 Å². The number of benzene rings is 2. The first-order valence-electron chi connectivity index (χ1n) is 5.66. The van der Waals surface area contributed by atoms with Gasteiger partial charge in [-0.2, -0.15) is 0 Å². The molecule has 0 fully saturated rings. The molecule has 0 radical (unpaired) electrons. The summed E-state index contributed by atoms with van der Waals surface area (Å²) in [6, 6.07) is 12.1. The monoisotopic (exact) mass is 323 g/mol. The van der Waals surface area contributed by atoms with E-state index in [1.165, 1.54) is 6.07 Å². The van der Waals surface area contributed by atoms with Crippen LogP contribution in [0.25, 0.3) is 11.1 Å². The Labute approximate surface area is 128 Å². The van der Waals surface area contributed by atoms with Crippen molar-refractivity contribution in [2.24, 2.45) is 0 Å². The minimum Gasteiger partial charge on any atom is -0.431 e. The maximum absolute atomic E-state index is 12.1. The fourth-order valence-electron chi connectivity index (χ4n) is 1.66. The van der Waals surface area contributed by atoms with Crippen LogP contribution in [0.5, 0.6) is 0 Å². The summed E-state index contributed by atoms with van der Waals surface area (Å²) >= 11 is 12.6. The standard InChI is InChI=1S/C14H7Cl2NO2S/c15-9-6-5-8(7-10(9)16)13(18)20-14-17-11-3-1-2-4-12(11)19-14/h1-7H. The zero-order valence-electron chi connectivity index (χ0n) is 9.97. The van der Waals surface area contributed by atoms with Gasteiger partial charge in [-0.3, -0.25) is 4.79 Å². The summed E-state index contributed by atoms with van der Waals surface area (Å²) in [6.45, 7) is 0. The molecule has 3 aromatic rings. The molecule has 1 aromatic heterocycles. The quantitative estimate of drug-likeness (QED) is 0.618. The number of oxazole rings is 1. The fourth-order valence-corrected chi connectivity index (χ4v) is 2.63. The van der Waals surface area contributed by atoms with Gasteiger partial charge in [0.25, 0.3) is 5.22 Å². The number of carbonyl (C=O) groups excluding carboxylic acids is 1. The van der Waals surface area contributed by atoms with Gasteiger partial charge in [-0.15, -0.1) is 0 Å². The molecule has 0 aliphatic rings. The number of hydrogen-bond acceptors (Lipinski definition) is 4. The highest BCUT2D eigenvalue weighted by molar-refractivity contribution is 8.14. The van der Waals surface area contributed by atoms with E-state index in [4.69, 9.17) is 27.6 Å². The smallest absolute Gasteiger partial charge is 0.264 e. The molecule has 3 nitrogen and oxygen atoms in total. The van der Waals surface area contributed by atoms with E-state index in [-0.39, 0.29) is 5.12 Å². The second kappa shape index (κ2) is 5.48. The Morgan fingerprint density at radius 1 is 1.10 bits per heavy atom. The second-order valence-corrected chi connectivity index (χ2v) is 5.70. The molecule has 0 saturated carbocycles. The number of para-hydroxylation sites is 2. The van der Waals surface area contributed by atoms with Crippen LogP contribution < -0.4 is 0 Å². The zero-order valence-corrected chi connectivity index (χ0v) is 12.3. The highest BCUT2D eigenvalue weighted by Crippen LogP contribution is 2.29. The van der Waals surface area contributed by atoms with E-state index >= 15 is 0 Å². The molecule has 0 amide bonds. The summed E-state index contributed by atoms with van der Waals surface area (Å²) in [7, 11) is 0. The zero-order chi connectivity index (χ0) is 14.1. The van der Waals surface area contributed by atoms with Crippen molar-refractivity contribution in [1.82, 2.24) is 4.98 Å². The molecule has 1 heterocycles. The van der Waals surface area contributed by atoms with Gasteiger partial charge in [0, 0.05) is 17.3 Å². The minimum atomic E-state index is -0.199. The Morgan fingerprint density at radius 3 is 2.65 bits per heavy atom.